The Balaban J connectivity index is 1.88. The Bertz CT molecular complexity index is 851. The fourth-order valence-electron chi connectivity index (χ4n) is 2.36. The highest BCUT2D eigenvalue weighted by atomic mass is 32.1. The van der Waals surface area contributed by atoms with Gasteiger partial charge in [-0.1, -0.05) is 26.8 Å². The number of carbonyl (C=O) groups is 2. The maximum Gasteiger partial charge on any atom is 0.257 e. The highest BCUT2D eigenvalue weighted by Gasteiger charge is 2.09. The van der Waals surface area contributed by atoms with Crippen molar-refractivity contribution in [1.82, 2.24) is 5.32 Å². The number of ether oxygens (including phenoxy) is 1. The SMILES string of the molecule is CCC(=O)Nc1ccc(NC(=S)NC(=O)c2cccc(OCCC(C)C)c2)cc1. The number of nitrogens with one attached hydrogen (secondary N) is 3. The number of benzene rings is 2. The van der Waals surface area contributed by atoms with E-state index < -0.39 is 0 Å². The van der Waals surface area contributed by atoms with Crippen LogP contribution in [0.1, 0.15) is 44.0 Å². The third-order valence-electron chi connectivity index (χ3n) is 4.03. The van der Waals surface area contributed by atoms with Gasteiger partial charge in [0, 0.05) is 23.4 Å². The summed E-state index contributed by atoms with van der Waals surface area (Å²) in [7, 11) is 0. The summed E-state index contributed by atoms with van der Waals surface area (Å²) in [6.07, 6.45) is 1.37. The van der Waals surface area contributed by atoms with Crippen molar-refractivity contribution in [2.24, 2.45) is 5.92 Å². The van der Waals surface area contributed by atoms with Gasteiger partial charge in [0.15, 0.2) is 5.11 Å². The molecular weight excluding hydrogens is 386 g/mol. The second kappa shape index (κ2) is 11.2. The molecule has 2 aromatic rings. The van der Waals surface area contributed by atoms with Crippen molar-refractivity contribution in [3.05, 3.63) is 54.1 Å². The number of hydrogen-bond donors (Lipinski definition) is 3. The number of thiocarbonyl (C=S) groups is 1. The molecule has 2 amide bonds. The van der Waals surface area contributed by atoms with Gasteiger partial charge in [-0.05, 0) is 67.0 Å². The van der Waals surface area contributed by atoms with Crippen molar-refractivity contribution in [3.8, 4) is 5.75 Å². The van der Waals surface area contributed by atoms with Gasteiger partial charge in [-0.15, -0.1) is 0 Å². The lowest BCUT2D eigenvalue weighted by molar-refractivity contribution is -0.115. The van der Waals surface area contributed by atoms with E-state index in [-0.39, 0.29) is 16.9 Å². The lowest BCUT2D eigenvalue weighted by atomic mass is 10.1. The number of carbonyl (C=O) groups excluding carboxylic acids is 2. The standard InChI is InChI=1S/C22H27N3O3S/c1-4-20(26)23-17-8-10-18(11-9-17)24-22(29)25-21(27)16-6-5-7-19(14-16)28-13-12-15(2)3/h5-11,14-15H,4,12-13H2,1-3H3,(H,23,26)(H2,24,25,27,29). The number of hydrogen-bond acceptors (Lipinski definition) is 4. The fraction of sp³-hybridized carbons (Fsp3) is 0.318. The first-order valence-corrected chi connectivity index (χ1v) is 10.0. The Labute approximate surface area is 177 Å². The molecule has 3 N–H and O–H groups in total. The molecule has 0 unspecified atom stereocenters. The minimum absolute atomic E-state index is 0.0519. The van der Waals surface area contributed by atoms with Crippen molar-refractivity contribution in [3.63, 3.8) is 0 Å². The van der Waals surface area contributed by atoms with Gasteiger partial charge in [0.2, 0.25) is 5.91 Å². The van der Waals surface area contributed by atoms with Crippen LogP contribution in [-0.4, -0.2) is 23.5 Å². The van der Waals surface area contributed by atoms with Gasteiger partial charge in [-0.2, -0.15) is 0 Å². The van der Waals surface area contributed by atoms with Gasteiger partial charge in [0.25, 0.3) is 5.91 Å². The maximum absolute atomic E-state index is 12.4. The van der Waals surface area contributed by atoms with Gasteiger partial charge < -0.3 is 15.4 Å². The third kappa shape index (κ3) is 7.91. The van der Waals surface area contributed by atoms with E-state index in [2.05, 4.69) is 29.8 Å². The van der Waals surface area contributed by atoms with Gasteiger partial charge in [0.05, 0.1) is 6.61 Å². The van der Waals surface area contributed by atoms with Crippen molar-refractivity contribution in [2.75, 3.05) is 17.2 Å². The Hall–Kier alpha value is -2.93. The topological polar surface area (TPSA) is 79.5 Å². The monoisotopic (exact) mass is 413 g/mol. The van der Waals surface area contributed by atoms with Gasteiger partial charge in [-0.3, -0.25) is 14.9 Å². The molecule has 2 aromatic carbocycles. The highest BCUT2D eigenvalue weighted by molar-refractivity contribution is 7.80. The molecule has 0 aliphatic rings. The number of rotatable bonds is 8. The van der Waals surface area contributed by atoms with Crippen molar-refractivity contribution >= 4 is 40.5 Å². The lowest BCUT2D eigenvalue weighted by Crippen LogP contribution is -2.34. The first-order valence-electron chi connectivity index (χ1n) is 9.62. The first-order chi connectivity index (χ1) is 13.9. The number of amides is 2. The molecule has 0 aromatic heterocycles. The van der Waals surface area contributed by atoms with Crippen LogP contribution in [-0.2, 0) is 4.79 Å². The summed E-state index contributed by atoms with van der Waals surface area (Å²) in [4.78, 5) is 23.9. The van der Waals surface area contributed by atoms with Gasteiger partial charge in [-0.25, -0.2) is 0 Å². The minimum Gasteiger partial charge on any atom is -0.494 e. The molecule has 0 spiro atoms. The minimum atomic E-state index is -0.316. The Morgan fingerprint density at radius 2 is 1.69 bits per heavy atom. The van der Waals surface area contributed by atoms with Crippen molar-refractivity contribution in [1.29, 1.82) is 0 Å². The second-order valence-electron chi connectivity index (χ2n) is 6.95. The Morgan fingerprint density at radius 3 is 2.31 bits per heavy atom. The average molecular weight is 414 g/mol. The summed E-state index contributed by atoms with van der Waals surface area (Å²) in [5.41, 5.74) is 1.87. The molecule has 0 saturated carbocycles. The molecule has 7 heteroatoms. The van der Waals surface area contributed by atoms with Crippen LogP contribution in [0.25, 0.3) is 0 Å². The molecule has 29 heavy (non-hydrogen) atoms. The molecule has 0 aliphatic carbocycles. The zero-order chi connectivity index (χ0) is 21.2. The van der Waals surface area contributed by atoms with E-state index in [1.165, 1.54) is 0 Å². The van der Waals surface area contributed by atoms with Gasteiger partial charge in [0.1, 0.15) is 5.75 Å². The molecule has 0 aliphatic heterocycles. The molecule has 0 atom stereocenters. The molecule has 0 heterocycles. The second-order valence-corrected chi connectivity index (χ2v) is 7.35. The quantitative estimate of drug-likeness (QED) is 0.552. The Kier molecular flexibility index (Phi) is 8.61. The zero-order valence-electron chi connectivity index (χ0n) is 17.0. The van der Waals surface area contributed by atoms with E-state index in [1.54, 1.807) is 49.4 Å². The van der Waals surface area contributed by atoms with Crippen LogP contribution in [0.2, 0.25) is 0 Å². The first kappa shape index (κ1) is 22.4. The predicted molar refractivity (Wildman–Crippen MR) is 120 cm³/mol. The lowest BCUT2D eigenvalue weighted by Gasteiger charge is -2.12. The van der Waals surface area contributed by atoms with E-state index in [4.69, 9.17) is 17.0 Å². The van der Waals surface area contributed by atoms with E-state index in [0.717, 1.165) is 6.42 Å². The highest BCUT2D eigenvalue weighted by Crippen LogP contribution is 2.16. The van der Waals surface area contributed by atoms with Crippen LogP contribution < -0.4 is 20.7 Å². The van der Waals surface area contributed by atoms with Crippen LogP contribution in [0.5, 0.6) is 5.75 Å². The maximum atomic E-state index is 12.4. The molecule has 2 rings (SSSR count). The van der Waals surface area contributed by atoms with Crippen LogP contribution in [0.15, 0.2) is 48.5 Å². The zero-order valence-corrected chi connectivity index (χ0v) is 17.8. The molecular formula is C22H27N3O3S. The van der Waals surface area contributed by atoms with E-state index >= 15 is 0 Å². The molecule has 0 radical (unpaired) electrons. The normalized spacial score (nSPS) is 10.3. The molecule has 6 nitrogen and oxygen atoms in total. The summed E-state index contributed by atoms with van der Waals surface area (Å²) >= 11 is 5.22. The van der Waals surface area contributed by atoms with Gasteiger partial charge >= 0.3 is 0 Å². The summed E-state index contributed by atoms with van der Waals surface area (Å²) in [5.74, 6) is 0.844. The average Bonchev–Trinajstić information content (AvgIpc) is 2.69. The van der Waals surface area contributed by atoms with Crippen molar-refractivity contribution in [2.45, 2.75) is 33.6 Å². The van der Waals surface area contributed by atoms with Crippen LogP contribution in [0.4, 0.5) is 11.4 Å². The molecule has 154 valence electrons. The van der Waals surface area contributed by atoms with Crippen LogP contribution in [0, 0.1) is 5.92 Å². The summed E-state index contributed by atoms with van der Waals surface area (Å²) in [6, 6.07) is 14.1. The van der Waals surface area contributed by atoms with E-state index in [1.807, 2.05) is 6.07 Å². The van der Waals surface area contributed by atoms with Crippen LogP contribution >= 0.6 is 12.2 Å². The summed E-state index contributed by atoms with van der Waals surface area (Å²) < 4.78 is 5.70. The van der Waals surface area contributed by atoms with Crippen molar-refractivity contribution < 1.29 is 14.3 Å². The number of anilines is 2. The largest absolute Gasteiger partial charge is 0.494 e. The molecule has 0 bridgehead atoms. The fourth-order valence-corrected chi connectivity index (χ4v) is 2.57. The summed E-state index contributed by atoms with van der Waals surface area (Å²) in [5, 5.41) is 8.57. The predicted octanol–water partition coefficient (Wildman–Crippen LogP) is 4.59. The van der Waals surface area contributed by atoms with E-state index in [9.17, 15) is 9.59 Å². The van der Waals surface area contributed by atoms with E-state index in [0.29, 0.717) is 41.6 Å². The Morgan fingerprint density at radius 1 is 1.03 bits per heavy atom. The molecule has 0 saturated heterocycles. The third-order valence-corrected chi connectivity index (χ3v) is 4.24. The molecule has 0 fully saturated rings. The summed E-state index contributed by atoms with van der Waals surface area (Å²) in [6.45, 7) is 6.67. The van der Waals surface area contributed by atoms with Crippen LogP contribution in [0.3, 0.4) is 0 Å². The smallest absolute Gasteiger partial charge is 0.257 e.